The molecule has 0 unspecified atom stereocenters. The number of halogens is 5. The quantitative estimate of drug-likeness (QED) is 0.0552. The number of nitrogens with zero attached hydrogens (tertiary/aromatic N) is 6. The molecule has 10 aromatic carbocycles. The number of aryl methyl sites for hydroxylation is 4. The fourth-order valence-corrected chi connectivity index (χ4v) is 14.9. The predicted molar refractivity (Wildman–Crippen MR) is 355 cm³/mol. The average Bonchev–Trinajstić information content (AvgIpc) is 0.779. The van der Waals surface area contributed by atoms with E-state index in [-0.39, 0.29) is 55.2 Å². The Hall–Kier alpha value is -9.85. The van der Waals surface area contributed by atoms with E-state index in [0.29, 0.717) is 33.6 Å². The van der Waals surface area contributed by atoms with Crippen molar-refractivity contribution in [1.82, 2.24) is 29.9 Å². The van der Waals surface area contributed by atoms with Crippen molar-refractivity contribution in [3.63, 3.8) is 0 Å². The first-order chi connectivity index (χ1) is 43.5. The topological polar surface area (TPSA) is 131 Å². The van der Waals surface area contributed by atoms with E-state index in [2.05, 4.69) is 94.0 Å². The largest absolute Gasteiger partial charge is 0.424 e. The summed E-state index contributed by atoms with van der Waals surface area (Å²) in [6.07, 6.45) is 0. The van der Waals surface area contributed by atoms with Crippen LogP contribution in [0.3, 0.4) is 0 Å². The Morgan fingerprint density at radius 3 is 1.12 bits per heavy atom. The van der Waals surface area contributed by atoms with E-state index in [1.54, 1.807) is 133 Å². The Labute approximate surface area is 533 Å². The van der Waals surface area contributed by atoms with E-state index in [4.69, 9.17) is 30.2 Å². The third kappa shape index (κ3) is 16.1. The maximum absolute atomic E-state index is 16.8. The molecule has 3 radical (unpaired) electrons. The normalized spacial score (nSPS) is 10.9. The van der Waals surface area contributed by atoms with Crippen LogP contribution in [0, 0.1) is 64.8 Å². The van der Waals surface area contributed by atoms with Gasteiger partial charge in [0.2, 0.25) is 0 Å². The highest BCUT2D eigenvalue weighted by molar-refractivity contribution is 7.95. The van der Waals surface area contributed by atoms with Gasteiger partial charge in [-0.2, -0.15) is 19.9 Å². The molecular weight excluding hydrogens is 1210 g/mol. The van der Waals surface area contributed by atoms with E-state index in [1.165, 1.54) is 45.0 Å². The fraction of sp³-hybridized carbons (Fsp3) is 0.0833. The number of benzene rings is 10. The summed E-state index contributed by atoms with van der Waals surface area (Å²) >= 11 is 6.75. The molecule has 91 heavy (non-hydrogen) atoms. The van der Waals surface area contributed by atoms with Gasteiger partial charge in [-0.3, -0.25) is 0 Å². The Morgan fingerprint density at radius 1 is 0.385 bits per heavy atom. The summed E-state index contributed by atoms with van der Waals surface area (Å²) in [5, 5.41) is 2.59. The average molecular weight is 1270 g/mol. The van der Waals surface area contributed by atoms with Gasteiger partial charge in [-0.25, -0.2) is 17.6 Å². The summed E-state index contributed by atoms with van der Waals surface area (Å²) in [4.78, 5) is 25.4. The predicted octanol–water partition coefficient (Wildman–Crippen LogP) is 17.2. The fourth-order valence-electron chi connectivity index (χ4n) is 9.23. The zero-order chi connectivity index (χ0) is 63.3. The minimum Gasteiger partial charge on any atom is -0.424 e. The molecule has 11 nitrogen and oxygen atoms in total. The lowest BCUT2D eigenvalue weighted by Crippen LogP contribution is -2.30. The molecule has 12 aromatic rings. The Kier molecular flexibility index (Phi) is 21.7. The zero-order valence-corrected chi connectivity index (χ0v) is 52.6. The van der Waals surface area contributed by atoms with Crippen molar-refractivity contribution in [2.75, 3.05) is 0 Å². The molecule has 0 fully saturated rings. The van der Waals surface area contributed by atoms with Crippen LogP contribution in [-0.4, -0.2) is 38.3 Å². The second-order valence-electron chi connectivity index (χ2n) is 20.5. The minimum absolute atomic E-state index is 0. The summed E-state index contributed by atoms with van der Waals surface area (Å²) in [6, 6.07) is 66.8. The van der Waals surface area contributed by atoms with Crippen LogP contribution in [0.5, 0.6) is 47.0 Å². The van der Waals surface area contributed by atoms with Gasteiger partial charge in [0.1, 0.15) is 46.3 Å². The number of rotatable bonds is 15. The first kappa shape index (κ1) is 65.6. The number of ether oxygens (including phenoxy) is 4. The van der Waals surface area contributed by atoms with Crippen molar-refractivity contribution < 1.29 is 41.1 Å². The molecule has 0 aliphatic carbocycles. The van der Waals surface area contributed by atoms with Gasteiger partial charge >= 0.3 is 24.0 Å². The smallest absolute Gasteiger partial charge is 0.328 e. The van der Waals surface area contributed by atoms with Crippen LogP contribution < -0.4 is 45.5 Å². The second-order valence-corrected chi connectivity index (χ2v) is 25.7. The second kappa shape index (κ2) is 30.1. The van der Waals surface area contributed by atoms with Crippen LogP contribution >= 0.6 is 25.7 Å². The Balaban J connectivity index is 0.000000178. The van der Waals surface area contributed by atoms with Gasteiger partial charge in [-0.15, -0.1) is 9.97 Å². The van der Waals surface area contributed by atoms with E-state index in [9.17, 15) is 8.78 Å². The highest BCUT2D eigenvalue weighted by Crippen LogP contribution is 2.46. The summed E-state index contributed by atoms with van der Waals surface area (Å²) in [7, 11) is -4.84. The van der Waals surface area contributed by atoms with Gasteiger partial charge in [0, 0.05) is 25.1 Å². The lowest BCUT2D eigenvalue weighted by Gasteiger charge is -2.22. The van der Waals surface area contributed by atoms with Crippen molar-refractivity contribution in [2.45, 2.75) is 41.5 Å². The van der Waals surface area contributed by atoms with Crippen molar-refractivity contribution >= 4 is 60.6 Å². The van der Waals surface area contributed by atoms with Gasteiger partial charge in [-0.1, -0.05) is 168 Å². The summed E-state index contributed by atoms with van der Waals surface area (Å²) in [6.45, 7) is 12.3. The van der Waals surface area contributed by atoms with Crippen LogP contribution in [0.25, 0.3) is 22.8 Å². The molecule has 0 saturated carbocycles. The summed E-state index contributed by atoms with van der Waals surface area (Å²) in [5.41, 5.74) is 6.67. The molecule has 0 atom stereocenters. The SMILES string of the molecule is Cc1cccc(P(=O)(c2cccc(C)c2)c2c(F)ccc(-c3nc(Oc4ccccc4)nc(Oc4ccccc4)n3)c2F)c1.Cc1cccc(P(Cl)c2cccc(C)c2C)c1C.Fc1ccc(-c2nc(Oc3ccccc3)nc(Oc3ccccc3)n2)c(F)c1.[B]. The molecule has 12 rings (SSSR count). The maximum Gasteiger partial charge on any atom is 0.328 e. The van der Waals surface area contributed by atoms with E-state index >= 15 is 13.3 Å². The van der Waals surface area contributed by atoms with Crippen molar-refractivity contribution in [2.24, 2.45) is 0 Å². The van der Waals surface area contributed by atoms with Crippen molar-refractivity contribution in [1.29, 1.82) is 0 Å². The molecule has 0 aliphatic rings. The van der Waals surface area contributed by atoms with E-state index in [0.717, 1.165) is 29.3 Å². The molecule has 0 spiro atoms. The molecule has 0 aliphatic heterocycles. The van der Waals surface area contributed by atoms with Gasteiger partial charge in [0.05, 0.1) is 23.7 Å². The highest BCUT2D eigenvalue weighted by Gasteiger charge is 2.37. The number of hydrogen-bond acceptors (Lipinski definition) is 11. The van der Waals surface area contributed by atoms with E-state index < -0.39 is 43.0 Å². The van der Waals surface area contributed by atoms with Gasteiger partial charge in [0.25, 0.3) is 0 Å². The highest BCUT2D eigenvalue weighted by atomic mass is 35.7. The lowest BCUT2D eigenvalue weighted by atomic mass is 10.1. The molecule has 2 aromatic heterocycles. The van der Waals surface area contributed by atoms with Crippen LogP contribution in [0.1, 0.15) is 33.4 Å². The number of para-hydroxylation sites is 4. The lowest BCUT2D eigenvalue weighted by molar-refractivity contribution is 0.397. The molecule has 453 valence electrons. The van der Waals surface area contributed by atoms with Gasteiger partial charge in [0.15, 0.2) is 18.8 Å². The third-order valence-electron chi connectivity index (χ3n) is 14.1. The van der Waals surface area contributed by atoms with Crippen LogP contribution in [-0.2, 0) is 4.57 Å². The minimum atomic E-state index is -4.07. The number of hydrogen-bond donors (Lipinski definition) is 0. The number of aromatic nitrogens is 6. The Morgan fingerprint density at radius 2 is 0.747 bits per heavy atom. The molecule has 2 heterocycles. The molecule has 0 saturated heterocycles. The standard InChI is InChI=1S/C35H26F2N3O3P.C21H13F2N3O2.C16H18ClP.B/c1-23-11-9-17-27(21-23)44(41,28-18-10-12-24(2)22-28)32-30(36)20-19-29(31(32)37)33-38-34(42-25-13-5-3-6-14-25)40-35(39-33)43-26-15-7-4-8-16-26;22-14-11-12-17(18(23)13-14)19-24-20(27-15-7-3-1-4-8-15)26-21(25-19)28-16-9-5-2-6-10-16;1-11-7-5-9-15(13(11)3)18(17)16-10-6-8-12(2)14(16)4;/h3-22H,1-2H3;1-13H;5-10H,1-4H3;. The maximum atomic E-state index is 16.8. The molecule has 19 heteroatoms. The summed E-state index contributed by atoms with van der Waals surface area (Å²) < 4.78 is 98.3. The third-order valence-corrected chi connectivity index (χ3v) is 20.1. The first-order valence-corrected chi connectivity index (χ1v) is 32.2. The molecular formula is C72H57BClF4N6O5P2. The Bertz CT molecular complexity index is 4320. The van der Waals surface area contributed by atoms with Gasteiger partial charge in [-0.05, 0) is 159 Å². The molecule has 0 N–H and O–H groups in total. The molecule has 0 bridgehead atoms. The van der Waals surface area contributed by atoms with Crippen molar-refractivity contribution in [3.05, 3.63) is 293 Å². The summed E-state index contributed by atoms with van der Waals surface area (Å²) in [5.74, 6) is -1.89. The zero-order valence-electron chi connectivity index (χ0n) is 50.1. The molecule has 0 amide bonds. The van der Waals surface area contributed by atoms with Crippen molar-refractivity contribution in [3.8, 4) is 69.8 Å². The van der Waals surface area contributed by atoms with Crippen LogP contribution in [0.4, 0.5) is 17.6 Å². The van der Waals surface area contributed by atoms with Gasteiger partial charge < -0.3 is 23.5 Å². The monoisotopic (exact) mass is 1270 g/mol. The van der Waals surface area contributed by atoms with Crippen LogP contribution in [0.15, 0.2) is 237 Å². The van der Waals surface area contributed by atoms with E-state index in [1.807, 2.05) is 50.2 Å². The van der Waals surface area contributed by atoms with Crippen LogP contribution in [0.2, 0.25) is 0 Å². The first-order valence-electron chi connectivity index (χ1n) is 28.2.